The van der Waals surface area contributed by atoms with E-state index in [2.05, 4.69) is 0 Å². The molecule has 0 saturated carbocycles. The van der Waals surface area contributed by atoms with Crippen molar-refractivity contribution >= 4 is 11.9 Å². The van der Waals surface area contributed by atoms with Gasteiger partial charge in [-0.05, 0) is 6.92 Å². The van der Waals surface area contributed by atoms with E-state index in [1.165, 1.54) is 0 Å². The minimum absolute atomic E-state index is 0.0175. The SMILES string of the molecule is CCOC(=O)CCN(CCOC)C(=O)C(C)(C)C. The van der Waals surface area contributed by atoms with Gasteiger partial charge in [-0.3, -0.25) is 9.59 Å². The molecule has 0 spiro atoms. The lowest BCUT2D eigenvalue weighted by molar-refractivity contribution is -0.145. The summed E-state index contributed by atoms with van der Waals surface area (Å²) in [6.07, 6.45) is 0.222. The van der Waals surface area contributed by atoms with Crippen LogP contribution in [0.3, 0.4) is 0 Å². The minimum atomic E-state index is -0.456. The van der Waals surface area contributed by atoms with Gasteiger partial charge in [0.2, 0.25) is 5.91 Å². The maximum absolute atomic E-state index is 12.2. The highest BCUT2D eigenvalue weighted by Crippen LogP contribution is 2.17. The molecule has 0 aromatic carbocycles. The summed E-state index contributed by atoms with van der Waals surface area (Å²) >= 11 is 0. The number of carbonyl (C=O) groups is 2. The Morgan fingerprint density at radius 2 is 1.78 bits per heavy atom. The number of hydrogen-bond acceptors (Lipinski definition) is 4. The lowest BCUT2D eigenvalue weighted by Gasteiger charge is -2.29. The molecule has 0 aliphatic rings. The molecule has 106 valence electrons. The maximum atomic E-state index is 12.2. The molecule has 0 aliphatic heterocycles. The molecular formula is C13H25NO4. The minimum Gasteiger partial charge on any atom is -0.466 e. The fourth-order valence-corrected chi connectivity index (χ4v) is 1.45. The first-order chi connectivity index (χ1) is 8.32. The van der Waals surface area contributed by atoms with Crippen LogP contribution in [0.5, 0.6) is 0 Å². The van der Waals surface area contributed by atoms with Crippen LogP contribution < -0.4 is 0 Å². The first-order valence-electron chi connectivity index (χ1n) is 6.26. The predicted octanol–water partition coefficient (Wildman–Crippen LogP) is 1.46. The summed E-state index contributed by atoms with van der Waals surface area (Å²) in [7, 11) is 1.59. The Morgan fingerprint density at radius 1 is 1.17 bits per heavy atom. The molecule has 0 saturated heterocycles. The van der Waals surface area contributed by atoms with Crippen LogP contribution in [0, 0.1) is 5.41 Å². The van der Waals surface area contributed by atoms with Crippen LogP contribution in [0.15, 0.2) is 0 Å². The largest absolute Gasteiger partial charge is 0.466 e. The van der Waals surface area contributed by atoms with E-state index in [0.717, 1.165) is 0 Å². The second-order valence-corrected chi connectivity index (χ2v) is 5.09. The molecule has 0 aromatic rings. The van der Waals surface area contributed by atoms with Gasteiger partial charge in [0.1, 0.15) is 0 Å². The van der Waals surface area contributed by atoms with Gasteiger partial charge in [0.25, 0.3) is 0 Å². The molecule has 0 unspecified atom stereocenters. The van der Waals surface area contributed by atoms with E-state index >= 15 is 0 Å². The van der Waals surface area contributed by atoms with Crippen LogP contribution in [0.1, 0.15) is 34.1 Å². The molecular weight excluding hydrogens is 234 g/mol. The molecule has 0 atom stereocenters. The number of methoxy groups -OCH3 is 1. The lowest BCUT2D eigenvalue weighted by atomic mass is 9.94. The van der Waals surface area contributed by atoms with Gasteiger partial charge >= 0.3 is 5.97 Å². The van der Waals surface area contributed by atoms with Crippen molar-refractivity contribution in [2.75, 3.05) is 33.4 Å². The number of nitrogens with zero attached hydrogens (tertiary/aromatic N) is 1. The van der Waals surface area contributed by atoms with Crippen molar-refractivity contribution in [2.45, 2.75) is 34.1 Å². The standard InChI is InChI=1S/C13H25NO4/c1-6-18-11(15)7-8-14(9-10-17-5)12(16)13(2,3)4/h6-10H2,1-5H3. The average molecular weight is 259 g/mol. The van der Waals surface area contributed by atoms with Crippen molar-refractivity contribution in [1.29, 1.82) is 0 Å². The van der Waals surface area contributed by atoms with E-state index in [9.17, 15) is 9.59 Å². The van der Waals surface area contributed by atoms with Gasteiger partial charge in [0.05, 0.1) is 19.6 Å². The molecule has 0 fully saturated rings. The quantitative estimate of drug-likeness (QED) is 0.650. The van der Waals surface area contributed by atoms with Gasteiger partial charge in [-0.15, -0.1) is 0 Å². The van der Waals surface area contributed by atoms with Crippen LogP contribution in [-0.4, -0.2) is 50.2 Å². The van der Waals surface area contributed by atoms with Gasteiger partial charge in [-0.1, -0.05) is 20.8 Å². The molecule has 18 heavy (non-hydrogen) atoms. The summed E-state index contributed by atoms with van der Waals surface area (Å²) < 4.78 is 9.83. The number of carbonyl (C=O) groups excluding carboxylic acids is 2. The van der Waals surface area contributed by atoms with Gasteiger partial charge < -0.3 is 14.4 Å². The monoisotopic (exact) mass is 259 g/mol. The van der Waals surface area contributed by atoms with Crippen molar-refractivity contribution in [1.82, 2.24) is 4.90 Å². The van der Waals surface area contributed by atoms with Crippen molar-refractivity contribution in [3.05, 3.63) is 0 Å². The Labute approximate surface area is 109 Å². The fourth-order valence-electron chi connectivity index (χ4n) is 1.45. The molecule has 0 aromatic heterocycles. The normalized spacial score (nSPS) is 11.2. The fraction of sp³-hybridized carbons (Fsp3) is 0.846. The average Bonchev–Trinajstić information content (AvgIpc) is 2.27. The van der Waals surface area contributed by atoms with Gasteiger partial charge in [0.15, 0.2) is 0 Å². The zero-order valence-corrected chi connectivity index (χ0v) is 12.1. The molecule has 0 bridgehead atoms. The number of amides is 1. The molecule has 0 aliphatic carbocycles. The molecule has 0 heterocycles. The molecule has 1 amide bonds. The maximum Gasteiger partial charge on any atom is 0.307 e. The van der Waals surface area contributed by atoms with Crippen LogP contribution in [0.2, 0.25) is 0 Å². The van der Waals surface area contributed by atoms with Crippen LogP contribution in [0.25, 0.3) is 0 Å². The summed E-state index contributed by atoms with van der Waals surface area (Å²) in [5.41, 5.74) is -0.456. The Bertz CT molecular complexity index is 271. The van der Waals surface area contributed by atoms with Crippen molar-refractivity contribution in [2.24, 2.45) is 5.41 Å². The second-order valence-electron chi connectivity index (χ2n) is 5.09. The Kier molecular flexibility index (Phi) is 7.59. The Morgan fingerprint density at radius 3 is 2.22 bits per heavy atom. The van der Waals surface area contributed by atoms with Crippen LogP contribution >= 0.6 is 0 Å². The van der Waals surface area contributed by atoms with Gasteiger partial charge in [0, 0.05) is 25.6 Å². The number of esters is 1. The number of rotatable bonds is 7. The summed E-state index contributed by atoms with van der Waals surface area (Å²) in [6, 6.07) is 0. The summed E-state index contributed by atoms with van der Waals surface area (Å²) in [6.45, 7) is 9.04. The Balaban J connectivity index is 4.40. The van der Waals surface area contributed by atoms with Crippen molar-refractivity contribution in [3.8, 4) is 0 Å². The van der Waals surface area contributed by atoms with E-state index in [1.807, 2.05) is 20.8 Å². The molecule has 5 heteroatoms. The van der Waals surface area contributed by atoms with E-state index < -0.39 is 5.41 Å². The predicted molar refractivity (Wildman–Crippen MR) is 69.2 cm³/mol. The molecule has 5 nitrogen and oxygen atoms in total. The highest BCUT2D eigenvalue weighted by molar-refractivity contribution is 5.82. The summed E-state index contributed by atoms with van der Waals surface area (Å²) in [5, 5.41) is 0. The van der Waals surface area contributed by atoms with E-state index in [4.69, 9.17) is 9.47 Å². The highest BCUT2D eigenvalue weighted by atomic mass is 16.5. The van der Waals surface area contributed by atoms with Gasteiger partial charge in [-0.25, -0.2) is 0 Å². The molecule has 0 N–H and O–H groups in total. The second kappa shape index (κ2) is 8.08. The molecule has 0 radical (unpaired) electrons. The third-order valence-electron chi connectivity index (χ3n) is 2.39. The topological polar surface area (TPSA) is 55.8 Å². The van der Waals surface area contributed by atoms with E-state index in [1.54, 1.807) is 18.9 Å². The number of hydrogen-bond donors (Lipinski definition) is 0. The van der Waals surface area contributed by atoms with E-state index in [0.29, 0.717) is 26.3 Å². The summed E-state index contributed by atoms with van der Waals surface area (Å²) in [4.78, 5) is 25.1. The zero-order chi connectivity index (χ0) is 14.2. The van der Waals surface area contributed by atoms with Gasteiger partial charge in [-0.2, -0.15) is 0 Å². The first kappa shape index (κ1) is 16.9. The third kappa shape index (κ3) is 6.59. The van der Waals surface area contributed by atoms with Crippen molar-refractivity contribution in [3.63, 3.8) is 0 Å². The first-order valence-corrected chi connectivity index (χ1v) is 6.26. The highest BCUT2D eigenvalue weighted by Gasteiger charge is 2.27. The smallest absolute Gasteiger partial charge is 0.307 e. The third-order valence-corrected chi connectivity index (χ3v) is 2.39. The zero-order valence-electron chi connectivity index (χ0n) is 12.1. The number of ether oxygens (including phenoxy) is 2. The Hall–Kier alpha value is -1.10. The van der Waals surface area contributed by atoms with Crippen molar-refractivity contribution < 1.29 is 19.1 Å². The van der Waals surface area contributed by atoms with Crippen LogP contribution in [0.4, 0.5) is 0 Å². The lowest BCUT2D eigenvalue weighted by Crippen LogP contribution is -2.42. The summed E-state index contributed by atoms with van der Waals surface area (Å²) in [5.74, 6) is -0.259. The van der Waals surface area contributed by atoms with Crippen LogP contribution in [-0.2, 0) is 19.1 Å². The molecule has 0 rings (SSSR count). The van der Waals surface area contributed by atoms with E-state index in [-0.39, 0.29) is 18.3 Å².